The fourth-order valence-electron chi connectivity index (χ4n) is 2.13. The number of H-pyrrole nitrogens is 1. The van der Waals surface area contributed by atoms with Crippen molar-refractivity contribution in [3.8, 4) is 0 Å². The van der Waals surface area contributed by atoms with E-state index in [1.807, 2.05) is 37.3 Å². The highest BCUT2D eigenvalue weighted by molar-refractivity contribution is 7.99. The van der Waals surface area contributed by atoms with Crippen molar-refractivity contribution in [1.82, 2.24) is 15.3 Å². The second-order valence-electron chi connectivity index (χ2n) is 5.00. The first-order valence-electron chi connectivity index (χ1n) is 7.08. The Balaban J connectivity index is 1.59. The monoisotopic (exact) mass is 329 g/mol. The molecule has 1 atom stereocenters. The molecule has 0 radical (unpaired) electrons. The second-order valence-corrected chi connectivity index (χ2v) is 5.97. The van der Waals surface area contributed by atoms with Gasteiger partial charge >= 0.3 is 0 Å². The maximum absolute atomic E-state index is 12.0. The standard InChI is InChI=1S/C16H15N3O3S/c1-10(13-8-11-4-2-3-5-12(11)22-13)18-15(21)9-23-16-17-7-6-14(20)19-16/h2-8,10H,9H2,1H3,(H,18,21)(H,17,19,20)/t10-/m1/s1. The lowest BCUT2D eigenvalue weighted by Crippen LogP contribution is -2.28. The molecule has 0 aliphatic rings. The number of hydrogen-bond donors (Lipinski definition) is 2. The Morgan fingerprint density at radius 3 is 3.00 bits per heavy atom. The summed E-state index contributed by atoms with van der Waals surface area (Å²) in [6, 6.07) is 10.7. The van der Waals surface area contributed by atoms with Crippen LogP contribution < -0.4 is 10.9 Å². The molecule has 6 nitrogen and oxygen atoms in total. The predicted octanol–water partition coefficient (Wildman–Crippen LogP) is 2.49. The van der Waals surface area contributed by atoms with E-state index in [1.165, 1.54) is 24.0 Å². The summed E-state index contributed by atoms with van der Waals surface area (Å²) in [5.41, 5.74) is 0.558. The zero-order valence-electron chi connectivity index (χ0n) is 12.4. The first kappa shape index (κ1) is 15.4. The number of nitrogens with one attached hydrogen (secondary N) is 2. The van der Waals surface area contributed by atoms with E-state index in [0.717, 1.165) is 11.0 Å². The second kappa shape index (κ2) is 6.70. The van der Waals surface area contributed by atoms with Crippen molar-refractivity contribution in [3.05, 3.63) is 58.7 Å². The lowest BCUT2D eigenvalue weighted by atomic mass is 10.2. The molecule has 1 aromatic carbocycles. The summed E-state index contributed by atoms with van der Waals surface area (Å²) in [4.78, 5) is 29.7. The van der Waals surface area contributed by atoms with Crippen molar-refractivity contribution in [2.75, 3.05) is 5.75 Å². The van der Waals surface area contributed by atoms with Crippen LogP contribution in [-0.4, -0.2) is 21.6 Å². The fourth-order valence-corrected chi connectivity index (χ4v) is 2.79. The van der Waals surface area contributed by atoms with Crippen molar-refractivity contribution >= 4 is 28.6 Å². The molecule has 0 aliphatic heterocycles. The van der Waals surface area contributed by atoms with E-state index in [2.05, 4.69) is 15.3 Å². The quantitative estimate of drug-likeness (QED) is 0.554. The maximum atomic E-state index is 12.0. The SMILES string of the molecule is C[C@@H](NC(=O)CSc1nccc(=O)[nH]1)c1cc2ccccc2o1. The van der Waals surface area contributed by atoms with Gasteiger partial charge in [0.2, 0.25) is 5.91 Å². The van der Waals surface area contributed by atoms with Gasteiger partial charge in [-0.3, -0.25) is 9.59 Å². The summed E-state index contributed by atoms with van der Waals surface area (Å²) in [6.07, 6.45) is 1.41. The summed E-state index contributed by atoms with van der Waals surface area (Å²) in [6.45, 7) is 1.86. The summed E-state index contributed by atoms with van der Waals surface area (Å²) in [7, 11) is 0. The Morgan fingerprint density at radius 1 is 1.39 bits per heavy atom. The molecule has 0 fully saturated rings. The van der Waals surface area contributed by atoms with Crippen LogP contribution in [-0.2, 0) is 4.79 Å². The summed E-state index contributed by atoms with van der Waals surface area (Å²) in [5, 5.41) is 4.29. The summed E-state index contributed by atoms with van der Waals surface area (Å²) >= 11 is 1.18. The average Bonchev–Trinajstić information content (AvgIpc) is 2.97. The molecule has 0 bridgehead atoms. The van der Waals surface area contributed by atoms with Gasteiger partial charge in [-0.05, 0) is 19.1 Å². The number of para-hydroxylation sites is 1. The number of carbonyl (C=O) groups excluding carboxylic acids is 1. The van der Waals surface area contributed by atoms with Crippen LogP contribution in [0, 0.1) is 0 Å². The molecule has 3 aromatic rings. The van der Waals surface area contributed by atoms with E-state index in [4.69, 9.17) is 4.42 Å². The predicted molar refractivity (Wildman–Crippen MR) is 88.4 cm³/mol. The topological polar surface area (TPSA) is 88.0 Å². The van der Waals surface area contributed by atoms with Crippen molar-refractivity contribution in [3.63, 3.8) is 0 Å². The normalized spacial score (nSPS) is 12.2. The highest BCUT2D eigenvalue weighted by Gasteiger charge is 2.14. The number of hydrogen-bond acceptors (Lipinski definition) is 5. The molecule has 0 unspecified atom stereocenters. The van der Waals surface area contributed by atoms with Crippen molar-refractivity contribution in [2.24, 2.45) is 0 Å². The molecule has 0 spiro atoms. The molecule has 0 saturated heterocycles. The highest BCUT2D eigenvalue weighted by atomic mass is 32.2. The molecule has 3 rings (SSSR count). The van der Waals surface area contributed by atoms with Crippen LogP contribution in [0.25, 0.3) is 11.0 Å². The van der Waals surface area contributed by atoms with Gasteiger partial charge in [-0.15, -0.1) is 0 Å². The lowest BCUT2D eigenvalue weighted by molar-refractivity contribution is -0.119. The molecule has 2 aromatic heterocycles. The Morgan fingerprint density at radius 2 is 2.22 bits per heavy atom. The highest BCUT2D eigenvalue weighted by Crippen LogP contribution is 2.23. The maximum Gasteiger partial charge on any atom is 0.251 e. The van der Waals surface area contributed by atoms with Gasteiger partial charge in [-0.2, -0.15) is 0 Å². The third-order valence-electron chi connectivity index (χ3n) is 3.24. The molecule has 0 saturated carbocycles. The lowest BCUT2D eigenvalue weighted by Gasteiger charge is -2.10. The number of fused-ring (bicyclic) bond motifs is 1. The zero-order chi connectivity index (χ0) is 16.2. The van der Waals surface area contributed by atoms with Gasteiger partial charge in [-0.25, -0.2) is 4.98 Å². The van der Waals surface area contributed by atoms with Crippen LogP contribution >= 0.6 is 11.8 Å². The zero-order valence-corrected chi connectivity index (χ0v) is 13.2. The molecule has 1 amide bonds. The van der Waals surface area contributed by atoms with Crippen molar-refractivity contribution < 1.29 is 9.21 Å². The van der Waals surface area contributed by atoms with Gasteiger partial charge in [0.15, 0.2) is 5.16 Å². The first-order chi connectivity index (χ1) is 11.1. The minimum absolute atomic E-state index is 0.158. The van der Waals surface area contributed by atoms with Crippen LogP contribution in [0.3, 0.4) is 0 Å². The Bertz CT molecular complexity index is 854. The number of furan rings is 1. The average molecular weight is 329 g/mol. The minimum atomic E-state index is -0.238. The Kier molecular flexibility index (Phi) is 4.47. The smallest absolute Gasteiger partial charge is 0.251 e. The molecule has 0 aliphatic carbocycles. The number of aromatic amines is 1. The van der Waals surface area contributed by atoms with E-state index in [1.54, 1.807) is 0 Å². The van der Waals surface area contributed by atoms with Gasteiger partial charge in [-0.1, -0.05) is 30.0 Å². The minimum Gasteiger partial charge on any atom is -0.459 e. The van der Waals surface area contributed by atoms with Crippen molar-refractivity contribution in [1.29, 1.82) is 0 Å². The molecular formula is C16H15N3O3S. The fraction of sp³-hybridized carbons (Fsp3) is 0.188. The van der Waals surface area contributed by atoms with Gasteiger partial charge in [0.05, 0.1) is 11.8 Å². The molecule has 7 heteroatoms. The molecule has 2 N–H and O–H groups in total. The van der Waals surface area contributed by atoms with E-state index < -0.39 is 0 Å². The third kappa shape index (κ3) is 3.81. The Labute approximate surface area is 136 Å². The van der Waals surface area contributed by atoms with E-state index >= 15 is 0 Å². The van der Waals surface area contributed by atoms with E-state index in [-0.39, 0.29) is 23.3 Å². The van der Waals surface area contributed by atoms with Crippen LogP contribution in [0.1, 0.15) is 18.7 Å². The number of amides is 1. The number of nitrogens with zero attached hydrogens (tertiary/aromatic N) is 1. The largest absolute Gasteiger partial charge is 0.459 e. The number of carbonyl (C=O) groups is 1. The van der Waals surface area contributed by atoms with Gasteiger partial charge in [0.25, 0.3) is 5.56 Å². The van der Waals surface area contributed by atoms with E-state index in [0.29, 0.717) is 10.9 Å². The van der Waals surface area contributed by atoms with Gasteiger partial charge in [0.1, 0.15) is 11.3 Å². The summed E-state index contributed by atoms with van der Waals surface area (Å²) in [5.74, 6) is 0.711. The molecule has 23 heavy (non-hydrogen) atoms. The number of aromatic nitrogens is 2. The summed E-state index contributed by atoms with van der Waals surface area (Å²) < 4.78 is 5.73. The number of rotatable bonds is 5. The molecule has 118 valence electrons. The van der Waals surface area contributed by atoms with Crippen LogP contribution in [0.15, 0.2) is 57.0 Å². The first-order valence-corrected chi connectivity index (χ1v) is 8.06. The number of benzene rings is 1. The third-order valence-corrected chi connectivity index (χ3v) is 4.12. The molecule has 2 heterocycles. The van der Waals surface area contributed by atoms with Crippen LogP contribution in [0.5, 0.6) is 0 Å². The number of thioether (sulfide) groups is 1. The van der Waals surface area contributed by atoms with Crippen LogP contribution in [0.2, 0.25) is 0 Å². The molecular weight excluding hydrogens is 314 g/mol. The van der Waals surface area contributed by atoms with Crippen molar-refractivity contribution in [2.45, 2.75) is 18.1 Å². The van der Waals surface area contributed by atoms with Gasteiger partial charge < -0.3 is 14.7 Å². The van der Waals surface area contributed by atoms with E-state index in [9.17, 15) is 9.59 Å². The Hall–Kier alpha value is -2.54. The van der Waals surface area contributed by atoms with Gasteiger partial charge in [0, 0.05) is 17.6 Å². The van der Waals surface area contributed by atoms with Crippen LogP contribution in [0.4, 0.5) is 0 Å².